The van der Waals surface area contributed by atoms with E-state index in [9.17, 15) is 9.90 Å². The van der Waals surface area contributed by atoms with E-state index in [4.69, 9.17) is 9.47 Å². The molecule has 0 aromatic heterocycles. The second kappa shape index (κ2) is 5.19. The molecule has 17 heavy (non-hydrogen) atoms. The molecule has 0 amide bonds. The van der Waals surface area contributed by atoms with Crippen molar-refractivity contribution in [3.63, 3.8) is 0 Å². The maximum atomic E-state index is 11.1. The van der Waals surface area contributed by atoms with E-state index in [1.165, 1.54) is 0 Å². The Morgan fingerprint density at radius 3 is 3.12 bits per heavy atom. The lowest BCUT2D eigenvalue weighted by molar-refractivity contribution is -0.145. The molecule has 0 saturated carbocycles. The molecule has 0 heterocycles. The second-order valence-electron chi connectivity index (χ2n) is 4.01. The summed E-state index contributed by atoms with van der Waals surface area (Å²) in [7, 11) is 0. The fourth-order valence-electron chi connectivity index (χ4n) is 2.01. The van der Waals surface area contributed by atoms with Gasteiger partial charge in [0.25, 0.3) is 0 Å². The van der Waals surface area contributed by atoms with Gasteiger partial charge in [0, 0.05) is 0 Å². The first-order chi connectivity index (χ1) is 8.20. The smallest absolute Gasteiger partial charge is 0.344 e. The maximum absolute atomic E-state index is 11.1. The molecular weight excluding hydrogens is 220 g/mol. The normalized spacial score (nSPS) is 17.6. The summed E-state index contributed by atoms with van der Waals surface area (Å²) < 4.78 is 10.1. The average molecular weight is 236 g/mol. The van der Waals surface area contributed by atoms with E-state index < -0.39 is 0 Å². The number of carbonyl (C=O) groups is 1. The van der Waals surface area contributed by atoms with Gasteiger partial charge in [-0.15, -0.1) is 0 Å². The molecule has 4 nitrogen and oxygen atoms in total. The predicted molar refractivity (Wildman–Crippen MR) is 61.9 cm³/mol. The van der Waals surface area contributed by atoms with Crippen molar-refractivity contribution in [2.45, 2.75) is 25.9 Å². The van der Waals surface area contributed by atoms with Gasteiger partial charge in [-0.2, -0.15) is 0 Å². The molecule has 1 N–H and O–H groups in total. The lowest BCUT2D eigenvalue weighted by atomic mass is 10.1. The zero-order chi connectivity index (χ0) is 12.3. The van der Waals surface area contributed by atoms with Crippen molar-refractivity contribution in [3.05, 3.63) is 29.3 Å². The molecule has 1 unspecified atom stereocenters. The van der Waals surface area contributed by atoms with Crippen LogP contribution in [0.5, 0.6) is 5.75 Å². The maximum Gasteiger partial charge on any atom is 0.344 e. The van der Waals surface area contributed by atoms with Crippen LogP contribution in [0, 0.1) is 0 Å². The van der Waals surface area contributed by atoms with Gasteiger partial charge in [-0.25, -0.2) is 4.79 Å². The van der Waals surface area contributed by atoms with E-state index in [2.05, 4.69) is 0 Å². The number of esters is 1. The number of benzene rings is 1. The summed E-state index contributed by atoms with van der Waals surface area (Å²) in [6.07, 6.45) is 1.26. The van der Waals surface area contributed by atoms with Crippen LogP contribution in [0.25, 0.3) is 0 Å². The van der Waals surface area contributed by atoms with Crippen molar-refractivity contribution >= 4 is 5.97 Å². The van der Waals surface area contributed by atoms with Gasteiger partial charge in [-0.1, -0.05) is 6.07 Å². The number of ether oxygens (including phenoxy) is 2. The van der Waals surface area contributed by atoms with Crippen molar-refractivity contribution in [1.29, 1.82) is 0 Å². The first kappa shape index (κ1) is 11.9. The quantitative estimate of drug-likeness (QED) is 0.807. The van der Waals surface area contributed by atoms with E-state index in [1.807, 2.05) is 12.1 Å². The second-order valence-corrected chi connectivity index (χ2v) is 4.01. The van der Waals surface area contributed by atoms with Crippen LogP contribution >= 0.6 is 0 Å². The number of hydrogen-bond acceptors (Lipinski definition) is 4. The minimum Gasteiger partial charge on any atom is -0.482 e. The van der Waals surface area contributed by atoms with E-state index in [-0.39, 0.29) is 18.7 Å². The van der Waals surface area contributed by atoms with Crippen LogP contribution in [0.2, 0.25) is 0 Å². The van der Waals surface area contributed by atoms with Crippen LogP contribution < -0.4 is 4.74 Å². The largest absolute Gasteiger partial charge is 0.482 e. The molecule has 0 radical (unpaired) electrons. The Labute approximate surface area is 100 Å². The Morgan fingerprint density at radius 1 is 1.53 bits per heavy atom. The van der Waals surface area contributed by atoms with Crippen molar-refractivity contribution in [1.82, 2.24) is 0 Å². The molecule has 1 aliphatic carbocycles. The number of hydrogen-bond donors (Lipinski definition) is 1. The molecule has 0 saturated heterocycles. The summed E-state index contributed by atoms with van der Waals surface area (Å²) in [5.41, 5.74) is 2.06. The SMILES string of the molecule is CCOC(=O)COc1ccc2c(c1)CCC2O. The molecule has 1 atom stereocenters. The number of aliphatic hydroxyl groups is 1. The minimum absolute atomic E-state index is 0.0742. The average Bonchev–Trinajstić information content (AvgIpc) is 2.69. The Hall–Kier alpha value is -1.55. The molecule has 0 spiro atoms. The van der Waals surface area contributed by atoms with Crippen LogP contribution in [0.15, 0.2) is 18.2 Å². The van der Waals surface area contributed by atoms with Crippen LogP contribution in [-0.2, 0) is 16.0 Å². The number of rotatable bonds is 4. The molecule has 4 heteroatoms. The van der Waals surface area contributed by atoms with Crippen LogP contribution in [-0.4, -0.2) is 24.3 Å². The van der Waals surface area contributed by atoms with E-state index in [0.29, 0.717) is 12.4 Å². The van der Waals surface area contributed by atoms with Gasteiger partial charge < -0.3 is 14.6 Å². The van der Waals surface area contributed by atoms with Gasteiger partial charge in [0.05, 0.1) is 12.7 Å². The summed E-state index contributed by atoms with van der Waals surface area (Å²) in [6, 6.07) is 5.50. The van der Waals surface area contributed by atoms with E-state index >= 15 is 0 Å². The van der Waals surface area contributed by atoms with Crippen molar-refractivity contribution < 1.29 is 19.4 Å². The topological polar surface area (TPSA) is 55.8 Å². The number of fused-ring (bicyclic) bond motifs is 1. The van der Waals surface area contributed by atoms with Gasteiger partial charge in [0.1, 0.15) is 5.75 Å². The van der Waals surface area contributed by atoms with Crippen molar-refractivity contribution in [2.24, 2.45) is 0 Å². The van der Waals surface area contributed by atoms with E-state index in [0.717, 1.165) is 24.0 Å². The zero-order valence-electron chi connectivity index (χ0n) is 9.81. The molecule has 1 aliphatic rings. The highest BCUT2D eigenvalue weighted by molar-refractivity contribution is 5.71. The molecular formula is C13H16O4. The number of aliphatic hydroxyl groups excluding tert-OH is 1. The highest BCUT2D eigenvalue weighted by Gasteiger charge is 2.20. The highest BCUT2D eigenvalue weighted by atomic mass is 16.6. The van der Waals surface area contributed by atoms with Gasteiger partial charge in [-0.05, 0) is 43.0 Å². The third-order valence-corrected chi connectivity index (χ3v) is 2.82. The molecule has 0 fully saturated rings. The fraction of sp³-hybridized carbons (Fsp3) is 0.462. The molecule has 1 aromatic rings. The lowest BCUT2D eigenvalue weighted by Crippen LogP contribution is -2.14. The standard InChI is InChI=1S/C13H16O4/c1-2-16-13(15)8-17-10-4-5-11-9(7-10)3-6-12(11)14/h4-5,7,12,14H,2-3,6,8H2,1H3. The number of aryl methyl sites for hydroxylation is 1. The predicted octanol–water partition coefficient (Wildman–Crippen LogP) is 1.61. The van der Waals surface area contributed by atoms with Gasteiger partial charge in [0.15, 0.2) is 6.61 Å². The summed E-state index contributed by atoms with van der Waals surface area (Å²) in [5.74, 6) is 0.277. The molecule has 2 rings (SSSR count). The molecule has 0 bridgehead atoms. The summed E-state index contributed by atoms with van der Waals surface area (Å²) in [5, 5.41) is 9.65. The van der Waals surface area contributed by atoms with Crippen LogP contribution in [0.3, 0.4) is 0 Å². The van der Waals surface area contributed by atoms with Crippen molar-refractivity contribution in [3.8, 4) is 5.75 Å². The van der Waals surface area contributed by atoms with Crippen LogP contribution in [0.1, 0.15) is 30.6 Å². The Bertz CT molecular complexity index is 414. The van der Waals surface area contributed by atoms with Gasteiger partial charge in [0.2, 0.25) is 0 Å². The first-order valence-corrected chi connectivity index (χ1v) is 5.80. The fourth-order valence-corrected chi connectivity index (χ4v) is 2.01. The van der Waals surface area contributed by atoms with Crippen molar-refractivity contribution in [2.75, 3.05) is 13.2 Å². The Balaban J connectivity index is 1.97. The molecule has 92 valence electrons. The molecule has 0 aliphatic heterocycles. The Morgan fingerprint density at radius 2 is 2.35 bits per heavy atom. The summed E-state index contributed by atoms with van der Waals surface area (Å²) in [4.78, 5) is 11.1. The minimum atomic E-state index is -0.368. The summed E-state index contributed by atoms with van der Waals surface area (Å²) >= 11 is 0. The third-order valence-electron chi connectivity index (χ3n) is 2.82. The summed E-state index contributed by atoms with van der Waals surface area (Å²) in [6.45, 7) is 2.04. The Kier molecular flexibility index (Phi) is 3.64. The number of carbonyl (C=O) groups excluding carboxylic acids is 1. The van der Waals surface area contributed by atoms with Crippen LogP contribution in [0.4, 0.5) is 0 Å². The lowest BCUT2D eigenvalue weighted by Gasteiger charge is -2.08. The highest BCUT2D eigenvalue weighted by Crippen LogP contribution is 2.33. The van der Waals surface area contributed by atoms with Gasteiger partial charge >= 0.3 is 5.97 Å². The third kappa shape index (κ3) is 2.77. The molecule has 1 aromatic carbocycles. The van der Waals surface area contributed by atoms with Gasteiger partial charge in [-0.3, -0.25) is 0 Å². The zero-order valence-corrected chi connectivity index (χ0v) is 9.81. The first-order valence-electron chi connectivity index (χ1n) is 5.80. The monoisotopic (exact) mass is 236 g/mol. The van der Waals surface area contributed by atoms with E-state index in [1.54, 1.807) is 13.0 Å².